The lowest BCUT2D eigenvalue weighted by Crippen LogP contribution is -2.39. The first kappa shape index (κ1) is 28.7. The third-order valence-corrected chi connectivity index (χ3v) is 6.55. The predicted octanol–water partition coefficient (Wildman–Crippen LogP) is 5.33. The Bertz CT molecular complexity index is 1310. The molecule has 1 unspecified atom stereocenters. The van der Waals surface area contributed by atoms with Crippen molar-refractivity contribution in [2.24, 2.45) is 0 Å². The molecule has 0 heterocycles. The standard InChI is InChI=1S/C29H33NO7S/c1-21-10-16-26(17-11-21)38(33,34)37-25-14-12-22(13-15-25)18-24(19-27(31)36-29(2,3)4)30-28(32)35-20-23-8-6-5-7-9-23/h5-17,24H,18-20H2,1-4H3,(H,30,32). The minimum atomic E-state index is -3.98. The second-order valence-electron chi connectivity index (χ2n) is 9.89. The molecule has 3 rings (SSSR count). The molecular formula is C29H33NO7S. The van der Waals surface area contributed by atoms with Crippen LogP contribution in [0.3, 0.4) is 0 Å². The molecule has 3 aromatic carbocycles. The fraction of sp³-hybridized carbons (Fsp3) is 0.310. The maximum Gasteiger partial charge on any atom is 0.407 e. The molecule has 0 aliphatic rings. The van der Waals surface area contributed by atoms with Crippen molar-refractivity contribution in [2.75, 3.05) is 0 Å². The van der Waals surface area contributed by atoms with Gasteiger partial charge in [-0.15, -0.1) is 0 Å². The van der Waals surface area contributed by atoms with Gasteiger partial charge in [0.1, 0.15) is 22.9 Å². The topological polar surface area (TPSA) is 108 Å². The van der Waals surface area contributed by atoms with Crippen molar-refractivity contribution < 1.29 is 31.7 Å². The van der Waals surface area contributed by atoms with E-state index >= 15 is 0 Å². The van der Waals surface area contributed by atoms with Crippen LogP contribution in [0.4, 0.5) is 4.79 Å². The van der Waals surface area contributed by atoms with Crippen molar-refractivity contribution >= 4 is 22.2 Å². The fourth-order valence-electron chi connectivity index (χ4n) is 3.54. The molecule has 0 bridgehead atoms. The lowest BCUT2D eigenvalue weighted by molar-refractivity contribution is -0.155. The quantitative estimate of drug-likeness (QED) is 0.274. The van der Waals surface area contributed by atoms with Crippen LogP contribution in [0.2, 0.25) is 0 Å². The second-order valence-corrected chi connectivity index (χ2v) is 11.4. The third kappa shape index (κ3) is 9.55. The van der Waals surface area contributed by atoms with Gasteiger partial charge in [-0.3, -0.25) is 4.79 Å². The van der Waals surface area contributed by atoms with E-state index in [1.165, 1.54) is 24.3 Å². The van der Waals surface area contributed by atoms with Crippen molar-refractivity contribution in [3.63, 3.8) is 0 Å². The Balaban J connectivity index is 1.66. The van der Waals surface area contributed by atoms with Gasteiger partial charge in [0.05, 0.1) is 6.42 Å². The molecule has 0 radical (unpaired) electrons. The monoisotopic (exact) mass is 539 g/mol. The number of rotatable bonds is 10. The van der Waals surface area contributed by atoms with Gasteiger partial charge in [0, 0.05) is 6.04 Å². The first-order valence-corrected chi connectivity index (χ1v) is 13.6. The highest BCUT2D eigenvalue weighted by atomic mass is 32.2. The number of nitrogens with one attached hydrogen (secondary N) is 1. The number of carbonyl (C=O) groups is 2. The summed E-state index contributed by atoms with van der Waals surface area (Å²) in [5.74, 6) is -0.316. The average molecular weight is 540 g/mol. The molecule has 0 aliphatic heterocycles. The van der Waals surface area contributed by atoms with Crippen LogP contribution in [0.15, 0.2) is 83.8 Å². The maximum absolute atomic E-state index is 12.6. The van der Waals surface area contributed by atoms with Crippen LogP contribution in [0, 0.1) is 6.92 Å². The number of aryl methyl sites for hydroxylation is 1. The van der Waals surface area contributed by atoms with Gasteiger partial charge in [-0.2, -0.15) is 8.42 Å². The van der Waals surface area contributed by atoms with Gasteiger partial charge in [-0.05, 0) is 69.5 Å². The summed E-state index contributed by atoms with van der Waals surface area (Å²) in [7, 11) is -3.98. The lowest BCUT2D eigenvalue weighted by atomic mass is 10.0. The number of alkyl carbamates (subject to hydrolysis) is 1. The Kier molecular flexibility index (Phi) is 9.52. The van der Waals surface area contributed by atoms with Gasteiger partial charge >= 0.3 is 22.2 Å². The summed E-state index contributed by atoms with van der Waals surface area (Å²) < 4.78 is 41.1. The normalized spacial score (nSPS) is 12.3. The maximum atomic E-state index is 12.6. The zero-order valence-corrected chi connectivity index (χ0v) is 22.8. The first-order valence-electron chi connectivity index (χ1n) is 12.2. The molecule has 1 amide bonds. The van der Waals surface area contributed by atoms with E-state index in [2.05, 4.69) is 5.32 Å². The smallest absolute Gasteiger partial charge is 0.407 e. The Labute approximate surface area is 224 Å². The number of benzene rings is 3. The Morgan fingerprint density at radius 1 is 0.868 bits per heavy atom. The van der Waals surface area contributed by atoms with E-state index in [-0.39, 0.29) is 30.1 Å². The molecule has 8 nitrogen and oxygen atoms in total. The lowest BCUT2D eigenvalue weighted by Gasteiger charge is -2.23. The SMILES string of the molecule is Cc1ccc(S(=O)(=O)Oc2ccc(CC(CC(=O)OC(C)(C)C)NC(=O)OCc3ccccc3)cc2)cc1. The predicted molar refractivity (Wildman–Crippen MR) is 143 cm³/mol. The molecule has 0 spiro atoms. The molecule has 38 heavy (non-hydrogen) atoms. The van der Waals surface area contributed by atoms with Crippen LogP contribution in [0.1, 0.15) is 43.9 Å². The van der Waals surface area contributed by atoms with Crippen LogP contribution in [0.5, 0.6) is 5.75 Å². The summed E-state index contributed by atoms with van der Waals surface area (Å²) in [4.78, 5) is 25.0. The van der Waals surface area contributed by atoms with E-state index in [0.29, 0.717) is 0 Å². The number of hydrogen-bond acceptors (Lipinski definition) is 7. The summed E-state index contributed by atoms with van der Waals surface area (Å²) in [5.41, 5.74) is 1.86. The highest BCUT2D eigenvalue weighted by Gasteiger charge is 2.23. The van der Waals surface area contributed by atoms with Crippen LogP contribution < -0.4 is 9.50 Å². The Morgan fingerprint density at radius 3 is 2.11 bits per heavy atom. The molecule has 1 atom stereocenters. The van der Waals surface area contributed by atoms with Gasteiger partial charge < -0.3 is 19.0 Å². The molecular weight excluding hydrogens is 506 g/mol. The van der Waals surface area contributed by atoms with Crippen molar-refractivity contribution in [1.82, 2.24) is 5.32 Å². The molecule has 3 aromatic rings. The van der Waals surface area contributed by atoms with Crippen molar-refractivity contribution in [2.45, 2.75) is 63.7 Å². The molecule has 0 saturated carbocycles. The molecule has 0 fully saturated rings. The van der Waals surface area contributed by atoms with Gasteiger partial charge in [-0.1, -0.05) is 60.2 Å². The van der Waals surface area contributed by atoms with Crippen molar-refractivity contribution in [1.29, 1.82) is 0 Å². The Morgan fingerprint density at radius 2 is 1.50 bits per heavy atom. The molecule has 1 N–H and O–H groups in total. The first-order chi connectivity index (χ1) is 17.9. The number of hydrogen-bond donors (Lipinski definition) is 1. The van der Waals surface area contributed by atoms with Crippen molar-refractivity contribution in [3.05, 3.63) is 95.6 Å². The molecule has 0 saturated heterocycles. The van der Waals surface area contributed by atoms with Crippen LogP contribution in [-0.2, 0) is 37.4 Å². The molecule has 202 valence electrons. The molecule has 0 aromatic heterocycles. The molecule has 9 heteroatoms. The second kappa shape index (κ2) is 12.6. The number of carbonyl (C=O) groups excluding carboxylic acids is 2. The van der Waals surface area contributed by atoms with E-state index in [0.717, 1.165) is 16.7 Å². The highest BCUT2D eigenvalue weighted by molar-refractivity contribution is 7.87. The van der Waals surface area contributed by atoms with Crippen LogP contribution >= 0.6 is 0 Å². The van der Waals surface area contributed by atoms with E-state index in [1.807, 2.05) is 37.3 Å². The number of ether oxygens (including phenoxy) is 2. The average Bonchev–Trinajstić information content (AvgIpc) is 2.83. The minimum absolute atomic E-state index is 0.0582. The number of amides is 1. The van der Waals surface area contributed by atoms with Gasteiger partial charge in [0.25, 0.3) is 0 Å². The fourth-order valence-corrected chi connectivity index (χ4v) is 4.47. The summed E-state index contributed by atoms with van der Waals surface area (Å²) in [5, 5.41) is 2.74. The van der Waals surface area contributed by atoms with Gasteiger partial charge in [0.2, 0.25) is 0 Å². The van der Waals surface area contributed by atoms with Crippen molar-refractivity contribution in [3.8, 4) is 5.75 Å². The zero-order chi connectivity index (χ0) is 27.8. The largest absolute Gasteiger partial charge is 0.460 e. The van der Waals surface area contributed by atoms with Gasteiger partial charge in [-0.25, -0.2) is 4.79 Å². The zero-order valence-electron chi connectivity index (χ0n) is 22.0. The van der Waals surface area contributed by atoms with E-state index in [9.17, 15) is 18.0 Å². The Hall–Kier alpha value is -3.85. The van der Waals surface area contributed by atoms with Gasteiger partial charge in [0.15, 0.2) is 0 Å². The minimum Gasteiger partial charge on any atom is -0.460 e. The third-order valence-electron chi connectivity index (χ3n) is 5.29. The van der Waals surface area contributed by atoms with Crippen LogP contribution in [0.25, 0.3) is 0 Å². The number of esters is 1. The summed E-state index contributed by atoms with van der Waals surface area (Å²) in [6.07, 6.45) is -0.450. The highest BCUT2D eigenvalue weighted by Crippen LogP contribution is 2.21. The summed E-state index contributed by atoms with van der Waals surface area (Å²) in [6, 6.07) is 21.4. The molecule has 0 aliphatic carbocycles. The summed E-state index contributed by atoms with van der Waals surface area (Å²) in [6.45, 7) is 7.26. The van der Waals surface area contributed by atoms with E-state index in [4.69, 9.17) is 13.7 Å². The van der Waals surface area contributed by atoms with E-state index in [1.54, 1.807) is 45.0 Å². The van der Waals surface area contributed by atoms with Crippen LogP contribution in [-0.4, -0.2) is 32.1 Å². The summed E-state index contributed by atoms with van der Waals surface area (Å²) >= 11 is 0. The van der Waals surface area contributed by atoms with E-state index < -0.39 is 33.8 Å².